The van der Waals surface area contributed by atoms with Crippen LogP contribution in [0.2, 0.25) is 0 Å². The summed E-state index contributed by atoms with van der Waals surface area (Å²) >= 11 is 0.842. The molecule has 0 aromatic carbocycles. The molecule has 2 aromatic rings. The maximum Gasteiger partial charge on any atom is 0.417 e. The summed E-state index contributed by atoms with van der Waals surface area (Å²) in [5.74, 6) is -0.215. The van der Waals surface area contributed by atoms with Crippen molar-refractivity contribution in [1.29, 1.82) is 5.26 Å². The van der Waals surface area contributed by atoms with Crippen molar-refractivity contribution in [2.24, 2.45) is 5.41 Å². The highest BCUT2D eigenvalue weighted by Gasteiger charge is 2.36. The van der Waals surface area contributed by atoms with Crippen LogP contribution in [0.15, 0.2) is 35.6 Å². The highest BCUT2D eigenvalue weighted by atomic mass is 32.2. The number of halogens is 3. The van der Waals surface area contributed by atoms with Gasteiger partial charge in [0.2, 0.25) is 0 Å². The van der Waals surface area contributed by atoms with Gasteiger partial charge in [-0.25, -0.2) is 4.98 Å². The lowest BCUT2D eigenvalue weighted by Gasteiger charge is -2.17. The number of thioether (sulfide) groups is 1. The van der Waals surface area contributed by atoms with Gasteiger partial charge < -0.3 is 0 Å². The number of nitrogens with zero attached hydrogens (tertiary/aromatic N) is 3. The van der Waals surface area contributed by atoms with Crippen molar-refractivity contribution < 1.29 is 18.0 Å². The van der Waals surface area contributed by atoms with Gasteiger partial charge in [0.05, 0.1) is 22.6 Å². The normalized spacial score (nSPS) is 11.9. The fourth-order valence-corrected chi connectivity index (χ4v) is 3.13. The van der Waals surface area contributed by atoms with Crippen LogP contribution in [0.1, 0.15) is 31.9 Å². The van der Waals surface area contributed by atoms with Gasteiger partial charge in [-0.1, -0.05) is 32.5 Å². The minimum absolute atomic E-state index is 0.0510. The van der Waals surface area contributed by atoms with Crippen LogP contribution in [-0.4, -0.2) is 21.5 Å². The zero-order chi connectivity index (χ0) is 19.5. The number of hydrogen-bond donors (Lipinski definition) is 0. The Labute approximate surface area is 153 Å². The van der Waals surface area contributed by atoms with E-state index in [-0.39, 0.29) is 22.3 Å². The third-order valence-corrected chi connectivity index (χ3v) is 4.51. The van der Waals surface area contributed by atoms with Gasteiger partial charge in [0.15, 0.2) is 0 Å². The number of aromatic nitrogens is 2. The SMILES string of the molecule is CC(C)(C)C(=O)CSc1nc(-c2cccnc2)cc(C(F)(F)F)c1C#N. The lowest BCUT2D eigenvalue weighted by Crippen LogP contribution is -2.22. The topological polar surface area (TPSA) is 66.6 Å². The van der Waals surface area contributed by atoms with Crippen molar-refractivity contribution in [3.63, 3.8) is 0 Å². The molecule has 0 N–H and O–H groups in total. The maximum atomic E-state index is 13.4. The Morgan fingerprint density at radius 3 is 2.50 bits per heavy atom. The van der Waals surface area contributed by atoms with E-state index in [0.29, 0.717) is 5.56 Å². The van der Waals surface area contributed by atoms with Crippen molar-refractivity contribution >= 4 is 17.5 Å². The molecule has 0 radical (unpaired) electrons. The summed E-state index contributed by atoms with van der Waals surface area (Å²) in [5.41, 5.74) is -1.83. The number of rotatable bonds is 4. The Morgan fingerprint density at radius 1 is 1.31 bits per heavy atom. The van der Waals surface area contributed by atoms with E-state index in [1.165, 1.54) is 12.4 Å². The summed E-state index contributed by atoms with van der Waals surface area (Å²) in [6.45, 7) is 5.17. The second-order valence-corrected chi connectivity index (χ2v) is 7.51. The molecule has 2 rings (SSSR count). The van der Waals surface area contributed by atoms with Gasteiger partial charge in [-0.15, -0.1) is 0 Å². The van der Waals surface area contributed by atoms with Crippen LogP contribution < -0.4 is 0 Å². The number of alkyl halides is 3. The van der Waals surface area contributed by atoms with Gasteiger partial charge in [0, 0.05) is 23.4 Å². The van der Waals surface area contributed by atoms with Crippen LogP contribution in [0.5, 0.6) is 0 Å². The van der Waals surface area contributed by atoms with E-state index in [2.05, 4.69) is 9.97 Å². The van der Waals surface area contributed by atoms with Crippen molar-refractivity contribution in [3.05, 3.63) is 41.7 Å². The predicted octanol–water partition coefficient (Wildman–Crippen LogP) is 4.74. The maximum absolute atomic E-state index is 13.4. The Morgan fingerprint density at radius 2 is 2.00 bits per heavy atom. The fraction of sp³-hybridized carbons (Fsp3) is 0.333. The molecule has 136 valence electrons. The lowest BCUT2D eigenvalue weighted by molar-refractivity contribution is -0.138. The lowest BCUT2D eigenvalue weighted by atomic mass is 9.92. The first-order valence-corrected chi connectivity index (χ1v) is 8.61. The van der Waals surface area contributed by atoms with E-state index in [4.69, 9.17) is 0 Å². The molecule has 0 bridgehead atoms. The van der Waals surface area contributed by atoms with Crippen LogP contribution in [0, 0.1) is 16.7 Å². The average Bonchev–Trinajstić information content (AvgIpc) is 2.57. The Hall–Kier alpha value is -2.40. The summed E-state index contributed by atoms with van der Waals surface area (Å²) < 4.78 is 40.3. The van der Waals surface area contributed by atoms with E-state index >= 15 is 0 Å². The van der Waals surface area contributed by atoms with E-state index in [0.717, 1.165) is 17.8 Å². The highest BCUT2D eigenvalue weighted by molar-refractivity contribution is 8.00. The number of Topliss-reactive ketones (excluding diaryl/α,β-unsaturated/α-hetero) is 1. The smallest absolute Gasteiger partial charge is 0.298 e. The minimum Gasteiger partial charge on any atom is -0.298 e. The second-order valence-electron chi connectivity index (χ2n) is 6.55. The molecule has 0 aliphatic heterocycles. The minimum atomic E-state index is -4.71. The molecule has 0 fully saturated rings. The van der Waals surface area contributed by atoms with Crippen LogP contribution in [0.25, 0.3) is 11.3 Å². The van der Waals surface area contributed by atoms with Gasteiger partial charge in [-0.2, -0.15) is 18.4 Å². The monoisotopic (exact) mass is 379 g/mol. The van der Waals surface area contributed by atoms with Crippen LogP contribution in [0.3, 0.4) is 0 Å². The first kappa shape index (κ1) is 19.9. The molecular formula is C18H16F3N3OS. The van der Waals surface area contributed by atoms with Gasteiger partial charge in [0.25, 0.3) is 0 Å². The molecule has 0 saturated heterocycles. The highest BCUT2D eigenvalue weighted by Crippen LogP contribution is 2.38. The Kier molecular flexibility index (Phi) is 5.71. The zero-order valence-corrected chi connectivity index (χ0v) is 15.2. The molecule has 0 saturated carbocycles. The molecule has 0 atom stereocenters. The summed E-state index contributed by atoms with van der Waals surface area (Å²) in [6, 6.07) is 5.58. The number of ketones is 1. The zero-order valence-electron chi connectivity index (χ0n) is 14.4. The Bertz CT molecular complexity index is 853. The first-order valence-electron chi connectivity index (χ1n) is 7.63. The largest absolute Gasteiger partial charge is 0.417 e. The van der Waals surface area contributed by atoms with Crippen LogP contribution in [-0.2, 0) is 11.0 Å². The average molecular weight is 379 g/mol. The molecule has 26 heavy (non-hydrogen) atoms. The molecule has 2 aromatic heterocycles. The molecular weight excluding hydrogens is 363 g/mol. The molecule has 8 heteroatoms. The fourth-order valence-electron chi connectivity index (χ4n) is 1.97. The number of hydrogen-bond acceptors (Lipinski definition) is 5. The first-order chi connectivity index (χ1) is 12.0. The Balaban J connectivity index is 2.55. The number of carbonyl (C=O) groups is 1. The van der Waals surface area contributed by atoms with E-state index in [9.17, 15) is 23.2 Å². The van der Waals surface area contributed by atoms with Gasteiger partial charge in [-0.05, 0) is 18.2 Å². The van der Waals surface area contributed by atoms with E-state index in [1.807, 2.05) is 0 Å². The van der Waals surface area contributed by atoms with Crippen LogP contribution in [0.4, 0.5) is 13.2 Å². The van der Waals surface area contributed by atoms with Gasteiger partial charge >= 0.3 is 6.18 Å². The molecule has 4 nitrogen and oxygen atoms in total. The molecule has 0 unspecified atom stereocenters. The third-order valence-electron chi connectivity index (χ3n) is 3.54. The van der Waals surface area contributed by atoms with E-state index in [1.54, 1.807) is 39.0 Å². The molecule has 2 heterocycles. The quantitative estimate of drug-likeness (QED) is 0.718. The van der Waals surface area contributed by atoms with Gasteiger partial charge in [-0.3, -0.25) is 9.78 Å². The predicted molar refractivity (Wildman–Crippen MR) is 92.4 cm³/mol. The summed E-state index contributed by atoms with van der Waals surface area (Å²) in [5, 5.41) is 9.14. The van der Waals surface area contributed by atoms with Gasteiger partial charge in [0.1, 0.15) is 16.9 Å². The molecule has 0 aliphatic carbocycles. The van der Waals surface area contributed by atoms with Crippen molar-refractivity contribution in [3.8, 4) is 17.3 Å². The van der Waals surface area contributed by atoms with Crippen molar-refractivity contribution in [2.45, 2.75) is 32.0 Å². The second kappa shape index (κ2) is 7.46. The third kappa shape index (κ3) is 4.61. The summed E-state index contributed by atoms with van der Waals surface area (Å²) in [6.07, 6.45) is -1.83. The standard InChI is InChI=1S/C18H16F3N3OS/c1-17(2,3)15(25)10-26-16-12(8-22)13(18(19,20)21)7-14(24-16)11-5-4-6-23-9-11/h4-7,9H,10H2,1-3H3. The number of carbonyl (C=O) groups excluding carboxylic acids is 1. The van der Waals surface area contributed by atoms with Crippen molar-refractivity contribution in [2.75, 3.05) is 5.75 Å². The number of pyridine rings is 2. The van der Waals surface area contributed by atoms with E-state index < -0.39 is 22.7 Å². The molecule has 0 spiro atoms. The van der Waals surface area contributed by atoms with Crippen molar-refractivity contribution in [1.82, 2.24) is 9.97 Å². The summed E-state index contributed by atoms with van der Waals surface area (Å²) in [7, 11) is 0. The summed E-state index contributed by atoms with van der Waals surface area (Å²) in [4.78, 5) is 20.2. The molecule has 0 amide bonds. The van der Waals surface area contributed by atoms with Crippen LogP contribution >= 0.6 is 11.8 Å². The number of nitriles is 1. The molecule has 0 aliphatic rings.